The minimum Gasteiger partial charge on any atom is -0.384 e. The number of methoxy groups -OCH3 is 1. The molecule has 2 nitrogen and oxygen atoms in total. The first-order valence-electron chi connectivity index (χ1n) is 7.23. The Morgan fingerprint density at radius 2 is 1.71 bits per heavy atom. The van der Waals surface area contributed by atoms with E-state index < -0.39 is 0 Å². The van der Waals surface area contributed by atoms with Crippen LogP contribution in [0.2, 0.25) is 10.0 Å². The van der Waals surface area contributed by atoms with Gasteiger partial charge in [-0.2, -0.15) is 0 Å². The summed E-state index contributed by atoms with van der Waals surface area (Å²) >= 11 is 12.3. The van der Waals surface area contributed by atoms with Crippen LogP contribution in [0, 0.1) is 5.41 Å². The molecule has 0 aliphatic rings. The van der Waals surface area contributed by atoms with Gasteiger partial charge in [0, 0.05) is 12.5 Å². The third-order valence-electron chi connectivity index (χ3n) is 4.61. The van der Waals surface area contributed by atoms with E-state index in [1.54, 1.807) is 7.11 Å². The molecule has 0 aliphatic carbocycles. The number of hydrogen-bond donors (Lipinski definition) is 0. The van der Waals surface area contributed by atoms with Gasteiger partial charge in [0.1, 0.15) is 0 Å². The van der Waals surface area contributed by atoms with Crippen molar-refractivity contribution in [2.24, 2.45) is 5.41 Å². The van der Waals surface area contributed by atoms with Gasteiger partial charge in [0.15, 0.2) is 0 Å². The van der Waals surface area contributed by atoms with Gasteiger partial charge < -0.3 is 9.64 Å². The number of rotatable bonds is 7. The molecule has 0 amide bonds. The summed E-state index contributed by atoms with van der Waals surface area (Å²) in [5.41, 5.74) is 1.14. The van der Waals surface area contributed by atoms with Crippen molar-refractivity contribution >= 4 is 23.2 Å². The van der Waals surface area contributed by atoms with Crippen molar-refractivity contribution in [2.45, 2.75) is 32.6 Å². The molecule has 120 valence electrons. The lowest BCUT2D eigenvalue weighted by Gasteiger charge is -2.45. The van der Waals surface area contributed by atoms with E-state index in [-0.39, 0.29) is 10.8 Å². The maximum Gasteiger partial charge on any atom is 0.0595 e. The number of benzene rings is 1. The van der Waals surface area contributed by atoms with Gasteiger partial charge in [-0.15, -0.1) is 0 Å². The first kappa shape index (κ1) is 18.8. The molecule has 0 saturated heterocycles. The quantitative estimate of drug-likeness (QED) is 0.706. The molecule has 0 fully saturated rings. The van der Waals surface area contributed by atoms with Crippen LogP contribution < -0.4 is 0 Å². The van der Waals surface area contributed by atoms with Gasteiger partial charge in [-0.1, -0.05) is 50.0 Å². The van der Waals surface area contributed by atoms with E-state index in [2.05, 4.69) is 45.8 Å². The highest BCUT2D eigenvalue weighted by Gasteiger charge is 2.42. The van der Waals surface area contributed by atoms with Crippen molar-refractivity contribution < 1.29 is 4.74 Å². The van der Waals surface area contributed by atoms with Crippen LogP contribution >= 0.6 is 23.2 Å². The second-order valence-electron chi connectivity index (χ2n) is 6.83. The molecule has 0 N–H and O–H groups in total. The predicted molar refractivity (Wildman–Crippen MR) is 92.6 cm³/mol. The Balaban J connectivity index is 3.25. The van der Waals surface area contributed by atoms with Crippen LogP contribution in [0.15, 0.2) is 18.2 Å². The summed E-state index contributed by atoms with van der Waals surface area (Å²) in [5, 5.41) is 1.21. The van der Waals surface area contributed by atoms with E-state index in [4.69, 9.17) is 27.9 Å². The fourth-order valence-corrected chi connectivity index (χ4v) is 2.98. The lowest BCUT2D eigenvalue weighted by Crippen LogP contribution is -2.44. The van der Waals surface area contributed by atoms with Crippen molar-refractivity contribution in [1.82, 2.24) is 4.90 Å². The van der Waals surface area contributed by atoms with Gasteiger partial charge in [-0.05, 0) is 50.2 Å². The zero-order valence-corrected chi connectivity index (χ0v) is 15.5. The summed E-state index contributed by atoms with van der Waals surface area (Å²) in [7, 11) is 5.94. The second-order valence-corrected chi connectivity index (χ2v) is 7.65. The van der Waals surface area contributed by atoms with Crippen LogP contribution in [0.25, 0.3) is 0 Å². The van der Waals surface area contributed by atoms with Crippen molar-refractivity contribution in [3.63, 3.8) is 0 Å². The van der Waals surface area contributed by atoms with Crippen molar-refractivity contribution in [3.8, 4) is 0 Å². The van der Waals surface area contributed by atoms with Crippen LogP contribution in [0.1, 0.15) is 32.8 Å². The smallest absolute Gasteiger partial charge is 0.0595 e. The van der Waals surface area contributed by atoms with Crippen LogP contribution in [0.4, 0.5) is 0 Å². The summed E-state index contributed by atoms with van der Waals surface area (Å²) in [4.78, 5) is 2.21. The zero-order valence-electron chi connectivity index (χ0n) is 14.0. The van der Waals surface area contributed by atoms with E-state index in [0.717, 1.165) is 13.0 Å². The Hall–Kier alpha value is -0.280. The number of hydrogen-bond acceptors (Lipinski definition) is 2. The highest BCUT2D eigenvalue weighted by Crippen LogP contribution is 2.45. The molecule has 0 bridgehead atoms. The summed E-state index contributed by atoms with van der Waals surface area (Å²) in [6.07, 6.45) is 1.02. The van der Waals surface area contributed by atoms with Gasteiger partial charge in [-0.25, -0.2) is 0 Å². The van der Waals surface area contributed by atoms with E-state index in [1.165, 1.54) is 5.56 Å². The lowest BCUT2D eigenvalue weighted by molar-refractivity contribution is 0.0381. The molecule has 0 radical (unpaired) electrons. The van der Waals surface area contributed by atoms with E-state index in [9.17, 15) is 0 Å². The van der Waals surface area contributed by atoms with Crippen molar-refractivity contribution in [2.75, 3.05) is 34.4 Å². The van der Waals surface area contributed by atoms with Gasteiger partial charge in [-0.3, -0.25) is 0 Å². The summed E-state index contributed by atoms with van der Waals surface area (Å²) in [5.74, 6) is 0. The molecule has 4 heteroatoms. The van der Waals surface area contributed by atoms with Crippen molar-refractivity contribution in [3.05, 3.63) is 33.8 Å². The number of nitrogens with zero attached hydrogens (tertiary/aromatic N) is 1. The Morgan fingerprint density at radius 3 is 2.19 bits per heavy atom. The minimum atomic E-state index is -0.0541. The molecule has 0 unspecified atom stereocenters. The standard InChI is InChI=1S/C17H27Cl2NO/c1-16(2,12-21-6)17(3,9-10-20(4)5)13-7-8-14(18)15(19)11-13/h7-8,11H,9-10,12H2,1-6H3/t17-/m1/s1. The molecule has 0 aromatic heterocycles. The van der Waals surface area contributed by atoms with Gasteiger partial charge in [0.25, 0.3) is 0 Å². The largest absolute Gasteiger partial charge is 0.384 e. The van der Waals surface area contributed by atoms with Gasteiger partial charge >= 0.3 is 0 Å². The van der Waals surface area contributed by atoms with Crippen LogP contribution in [-0.2, 0) is 10.2 Å². The molecule has 1 rings (SSSR count). The molecule has 0 aliphatic heterocycles. The third kappa shape index (κ3) is 4.35. The molecule has 21 heavy (non-hydrogen) atoms. The molecular weight excluding hydrogens is 305 g/mol. The fourth-order valence-electron chi connectivity index (χ4n) is 2.68. The third-order valence-corrected chi connectivity index (χ3v) is 5.35. The van der Waals surface area contributed by atoms with Crippen LogP contribution in [-0.4, -0.2) is 39.3 Å². The van der Waals surface area contributed by atoms with Gasteiger partial charge in [0.2, 0.25) is 0 Å². The topological polar surface area (TPSA) is 12.5 Å². The average Bonchev–Trinajstić information content (AvgIpc) is 2.38. The second kappa shape index (κ2) is 7.32. The van der Waals surface area contributed by atoms with E-state index in [1.807, 2.05) is 12.1 Å². The zero-order chi connectivity index (χ0) is 16.3. The minimum absolute atomic E-state index is 0.0189. The Morgan fingerprint density at radius 1 is 1.10 bits per heavy atom. The highest BCUT2D eigenvalue weighted by molar-refractivity contribution is 6.42. The molecule has 0 saturated carbocycles. The summed E-state index contributed by atoms with van der Waals surface area (Å²) in [6.45, 7) is 8.47. The summed E-state index contributed by atoms with van der Waals surface area (Å²) in [6, 6.07) is 5.97. The fraction of sp³-hybridized carbons (Fsp3) is 0.647. The summed E-state index contributed by atoms with van der Waals surface area (Å²) < 4.78 is 5.46. The molecule has 1 aromatic rings. The molecule has 0 heterocycles. The predicted octanol–water partition coefficient (Wildman–Crippen LogP) is 4.88. The van der Waals surface area contributed by atoms with Crippen molar-refractivity contribution in [1.29, 1.82) is 0 Å². The molecular formula is C17H27Cl2NO. The van der Waals surface area contributed by atoms with Crippen LogP contribution in [0.5, 0.6) is 0 Å². The molecule has 0 spiro atoms. The average molecular weight is 332 g/mol. The Bertz CT molecular complexity index is 474. The van der Waals surface area contributed by atoms with E-state index >= 15 is 0 Å². The number of ether oxygens (including phenoxy) is 1. The molecule has 1 atom stereocenters. The number of halogens is 2. The van der Waals surface area contributed by atoms with Crippen LogP contribution in [0.3, 0.4) is 0 Å². The highest BCUT2D eigenvalue weighted by atomic mass is 35.5. The Labute approximate surface area is 139 Å². The lowest BCUT2D eigenvalue weighted by atomic mass is 9.61. The van der Waals surface area contributed by atoms with E-state index in [0.29, 0.717) is 16.7 Å². The normalized spacial score (nSPS) is 15.3. The maximum absolute atomic E-state index is 6.24. The monoisotopic (exact) mass is 331 g/mol. The Kier molecular flexibility index (Phi) is 6.54. The SMILES string of the molecule is COCC(C)(C)[C@](C)(CCN(C)C)c1ccc(Cl)c(Cl)c1. The first-order chi connectivity index (χ1) is 9.64. The first-order valence-corrected chi connectivity index (χ1v) is 7.99. The molecule has 1 aromatic carbocycles. The van der Waals surface area contributed by atoms with Gasteiger partial charge in [0.05, 0.1) is 16.7 Å². The maximum atomic E-state index is 6.24.